The summed E-state index contributed by atoms with van der Waals surface area (Å²) in [5, 5.41) is 10.7. The molecule has 0 amide bonds. The highest BCUT2D eigenvalue weighted by molar-refractivity contribution is 5.68. The van der Waals surface area contributed by atoms with Gasteiger partial charge >= 0.3 is 6.36 Å². The molecule has 7 heteroatoms. The fraction of sp³-hybridized carbons (Fsp3) is 0.364. The van der Waals surface area contributed by atoms with Crippen molar-refractivity contribution < 1.29 is 33.5 Å². The Bertz CT molecular complexity index is 403. The van der Waals surface area contributed by atoms with Gasteiger partial charge in [0.15, 0.2) is 0 Å². The molecule has 1 aromatic carbocycles. The summed E-state index contributed by atoms with van der Waals surface area (Å²) in [7, 11) is 0. The second-order valence-corrected chi connectivity index (χ2v) is 3.70. The zero-order valence-corrected chi connectivity index (χ0v) is 9.37. The van der Waals surface area contributed by atoms with Crippen LogP contribution in [0, 0.1) is 5.92 Å². The number of alkyl halides is 3. The number of hydrogen-bond acceptors (Lipinski definition) is 3. The van der Waals surface area contributed by atoms with Crippen molar-refractivity contribution in [2.75, 3.05) is 6.54 Å². The fourth-order valence-corrected chi connectivity index (χ4v) is 1.41. The van der Waals surface area contributed by atoms with Gasteiger partial charge in [0.2, 0.25) is 0 Å². The maximum absolute atomic E-state index is 11.9. The number of ether oxygens (including phenoxy) is 1. The summed E-state index contributed by atoms with van der Waals surface area (Å²) in [6.07, 6.45) is -4.57. The third-order valence-electron chi connectivity index (χ3n) is 2.32. The maximum atomic E-state index is 11.9. The molecule has 18 heavy (non-hydrogen) atoms. The van der Waals surface area contributed by atoms with Gasteiger partial charge in [0.25, 0.3) is 0 Å². The summed E-state index contributed by atoms with van der Waals surface area (Å²) < 4.78 is 39.4. The summed E-state index contributed by atoms with van der Waals surface area (Å²) in [5.74, 6) is -2.31. The van der Waals surface area contributed by atoms with E-state index in [0.29, 0.717) is 5.56 Å². The minimum Gasteiger partial charge on any atom is -0.550 e. The van der Waals surface area contributed by atoms with Gasteiger partial charge in [-0.05, 0) is 24.1 Å². The molecule has 1 rings (SSSR count). The molecule has 0 unspecified atom stereocenters. The van der Waals surface area contributed by atoms with Crippen LogP contribution in [0.2, 0.25) is 0 Å². The van der Waals surface area contributed by atoms with Gasteiger partial charge < -0.3 is 20.4 Å². The predicted octanol–water partition coefficient (Wildman–Crippen LogP) is -0.264. The maximum Gasteiger partial charge on any atom is 0.573 e. The molecule has 0 aromatic heterocycles. The van der Waals surface area contributed by atoms with Crippen LogP contribution in [0.15, 0.2) is 24.3 Å². The van der Waals surface area contributed by atoms with E-state index in [-0.39, 0.29) is 18.7 Å². The number of carboxylic acids is 1. The summed E-state index contributed by atoms with van der Waals surface area (Å²) in [4.78, 5) is 10.7. The van der Waals surface area contributed by atoms with E-state index >= 15 is 0 Å². The number of quaternary nitrogens is 1. The second-order valence-electron chi connectivity index (χ2n) is 3.70. The molecule has 1 atom stereocenters. The van der Waals surface area contributed by atoms with Crippen molar-refractivity contribution in [2.24, 2.45) is 5.92 Å². The first kappa shape index (κ1) is 14.3. The van der Waals surface area contributed by atoms with Crippen LogP contribution < -0.4 is 15.6 Å². The van der Waals surface area contributed by atoms with Gasteiger partial charge in [-0.3, -0.25) is 0 Å². The van der Waals surface area contributed by atoms with E-state index in [1.54, 1.807) is 0 Å². The van der Waals surface area contributed by atoms with Crippen LogP contribution in [0.3, 0.4) is 0 Å². The summed E-state index contributed by atoms with van der Waals surface area (Å²) >= 11 is 0. The molecule has 4 nitrogen and oxygen atoms in total. The Labute approximate surface area is 101 Å². The Morgan fingerprint density at radius 1 is 1.33 bits per heavy atom. The summed E-state index contributed by atoms with van der Waals surface area (Å²) in [5.41, 5.74) is 4.06. The first-order valence-electron chi connectivity index (χ1n) is 5.16. The molecule has 0 radical (unpaired) electrons. The molecule has 0 aliphatic heterocycles. The molecule has 0 aliphatic rings. The number of carbonyl (C=O) groups excluding carboxylic acids is 1. The van der Waals surface area contributed by atoms with Crippen LogP contribution in [0.25, 0.3) is 0 Å². The van der Waals surface area contributed by atoms with E-state index in [1.807, 2.05) is 0 Å². The fourth-order valence-electron chi connectivity index (χ4n) is 1.41. The van der Waals surface area contributed by atoms with Gasteiger partial charge in [-0.2, -0.15) is 0 Å². The van der Waals surface area contributed by atoms with E-state index < -0.39 is 18.2 Å². The molecule has 100 valence electrons. The number of rotatable bonds is 5. The van der Waals surface area contributed by atoms with Gasteiger partial charge in [0.1, 0.15) is 5.75 Å². The Hall–Kier alpha value is -1.76. The molecule has 1 aromatic rings. The quantitative estimate of drug-likeness (QED) is 0.794. The number of benzene rings is 1. The monoisotopic (exact) mass is 263 g/mol. The van der Waals surface area contributed by atoms with Crippen molar-refractivity contribution in [3.8, 4) is 5.75 Å². The van der Waals surface area contributed by atoms with Crippen LogP contribution in [0.4, 0.5) is 13.2 Å². The Morgan fingerprint density at radius 2 is 1.89 bits per heavy atom. The first-order chi connectivity index (χ1) is 8.31. The van der Waals surface area contributed by atoms with Gasteiger partial charge in [0.05, 0.1) is 18.4 Å². The lowest BCUT2D eigenvalue weighted by Crippen LogP contribution is -2.57. The molecular weight excluding hydrogens is 251 g/mol. The Kier molecular flexibility index (Phi) is 4.55. The minimum absolute atomic E-state index is 0.156. The van der Waals surface area contributed by atoms with Crippen molar-refractivity contribution in [1.29, 1.82) is 0 Å². The van der Waals surface area contributed by atoms with Crippen LogP contribution in [0.5, 0.6) is 5.75 Å². The third kappa shape index (κ3) is 4.62. The van der Waals surface area contributed by atoms with Gasteiger partial charge in [0, 0.05) is 0 Å². The zero-order valence-electron chi connectivity index (χ0n) is 9.37. The average molecular weight is 263 g/mol. The lowest BCUT2D eigenvalue weighted by Gasteiger charge is -2.14. The number of aliphatic carboxylic acids is 1. The molecule has 3 N–H and O–H groups in total. The lowest BCUT2D eigenvalue weighted by molar-refractivity contribution is -0.387. The highest BCUT2D eigenvalue weighted by Gasteiger charge is 2.30. The van der Waals surface area contributed by atoms with Crippen molar-refractivity contribution in [2.45, 2.75) is 12.8 Å². The molecule has 0 fully saturated rings. The smallest absolute Gasteiger partial charge is 0.550 e. The lowest BCUT2D eigenvalue weighted by atomic mass is 10.00. The van der Waals surface area contributed by atoms with E-state index in [0.717, 1.165) is 12.1 Å². The first-order valence-corrected chi connectivity index (χ1v) is 5.16. The highest BCUT2D eigenvalue weighted by atomic mass is 19.4. The van der Waals surface area contributed by atoms with Crippen LogP contribution in [-0.4, -0.2) is 18.9 Å². The van der Waals surface area contributed by atoms with Crippen LogP contribution in [-0.2, 0) is 11.2 Å². The van der Waals surface area contributed by atoms with E-state index in [9.17, 15) is 23.1 Å². The van der Waals surface area contributed by atoms with Crippen molar-refractivity contribution in [1.82, 2.24) is 0 Å². The zero-order chi connectivity index (χ0) is 13.8. The van der Waals surface area contributed by atoms with Crippen LogP contribution in [0.1, 0.15) is 5.56 Å². The normalized spacial score (nSPS) is 13.1. The molecular formula is C11H12F3NO3. The molecule has 0 heterocycles. The van der Waals surface area contributed by atoms with Gasteiger partial charge in [-0.1, -0.05) is 12.1 Å². The third-order valence-corrected chi connectivity index (χ3v) is 2.32. The van der Waals surface area contributed by atoms with Crippen molar-refractivity contribution >= 4 is 5.97 Å². The minimum atomic E-state index is -4.73. The number of carbonyl (C=O) groups is 1. The molecule has 0 saturated heterocycles. The largest absolute Gasteiger partial charge is 0.573 e. The van der Waals surface area contributed by atoms with Crippen molar-refractivity contribution in [3.63, 3.8) is 0 Å². The Morgan fingerprint density at radius 3 is 2.28 bits per heavy atom. The summed E-state index contributed by atoms with van der Waals surface area (Å²) in [6, 6.07) is 5.04. The van der Waals surface area contributed by atoms with E-state index in [1.165, 1.54) is 12.1 Å². The Balaban J connectivity index is 2.68. The van der Waals surface area contributed by atoms with Gasteiger partial charge in [-0.25, -0.2) is 0 Å². The molecule has 0 aliphatic carbocycles. The SMILES string of the molecule is [NH3+]C[C@H](Cc1ccc(OC(F)(F)F)cc1)C(=O)[O-]. The molecule has 0 spiro atoms. The van der Waals surface area contributed by atoms with Crippen molar-refractivity contribution in [3.05, 3.63) is 29.8 Å². The van der Waals surface area contributed by atoms with Crippen LogP contribution >= 0.6 is 0 Å². The standard InChI is InChI=1S/C11H12F3NO3/c12-11(13,14)18-9-3-1-7(2-4-9)5-8(6-15)10(16)17/h1-4,8H,5-6,15H2,(H,16,17)/t8-/m0/s1. The topological polar surface area (TPSA) is 77.0 Å². The van der Waals surface area contributed by atoms with Gasteiger partial charge in [-0.15, -0.1) is 13.2 Å². The highest BCUT2D eigenvalue weighted by Crippen LogP contribution is 2.23. The predicted molar refractivity (Wildman–Crippen MR) is 53.1 cm³/mol. The number of carboxylic acid groups (broad SMARTS) is 1. The summed E-state index contributed by atoms with van der Waals surface area (Å²) in [6.45, 7) is 0.156. The van der Waals surface area contributed by atoms with E-state index in [4.69, 9.17) is 0 Å². The number of hydrogen-bond donors (Lipinski definition) is 1. The van der Waals surface area contributed by atoms with E-state index in [2.05, 4.69) is 10.5 Å². The molecule has 0 saturated carbocycles. The number of halogens is 3. The average Bonchev–Trinajstić information content (AvgIpc) is 2.25. The second kappa shape index (κ2) is 5.72. The molecule has 0 bridgehead atoms.